The van der Waals surface area contributed by atoms with E-state index >= 15 is 0 Å². The molecule has 2 atom stereocenters. The van der Waals surface area contributed by atoms with Crippen molar-refractivity contribution in [3.8, 4) is 0 Å². The highest BCUT2D eigenvalue weighted by atomic mass is 16.5. The van der Waals surface area contributed by atoms with Gasteiger partial charge in [-0.2, -0.15) is 0 Å². The molecule has 0 aromatic carbocycles. The average Bonchev–Trinajstić information content (AvgIpc) is 2.57. The molecule has 0 saturated carbocycles. The fraction of sp³-hybridized carbons (Fsp3) is 0.778. The highest BCUT2D eigenvalue weighted by Crippen LogP contribution is 2.23. The van der Waals surface area contributed by atoms with Gasteiger partial charge in [0.2, 0.25) is 5.91 Å². The van der Waals surface area contributed by atoms with Gasteiger partial charge in [0.1, 0.15) is 0 Å². The molecule has 1 saturated heterocycles. The van der Waals surface area contributed by atoms with Crippen molar-refractivity contribution in [3.05, 3.63) is 12.3 Å². The Morgan fingerprint density at radius 2 is 2.20 bits per heavy atom. The molecule has 0 aromatic rings. The number of methoxy groups -OCH3 is 1. The van der Waals surface area contributed by atoms with Crippen molar-refractivity contribution in [2.45, 2.75) is 63.5 Å². The fourth-order valence-corrected chi connectivity index (χ4v) is 2.97. The van der Waals surface area contributed by atoms with E-state index in [2.05, 4.69) is 0 Å². The molecule has 0 bridgehead atoms. The number of likely N-dealkylation sites (tertiary alicyclic amines) is 1. The summed E-state index contributed by atoms with van der Waals surface area (Å²) in [5.74, 6) is -0.774. The molecule has 0 spiro atoms. The largest absolute Gasteiger partial charge is 0.501 e. The van der Waals surface area contributed by atoms with Gasteiger partial charge in [0.05, 0.1) is 25.4 Å². The Hall–Kier alpha value is -1.60. The number of piperidine rings is 1. The average molecular weight is 357 g/mol. The van der Waals surface area contributed by atoms with Gasteiger partial charge < -0.3 is 24.6 Å². The number of carboxylic acids is 1. The normalized spacial score (nSPS) is 19.4. The van der Waals surface area contributed by atoms with Crippen LogP contribution in [0.15, 0.2) is 12.3 Å². The molecule has 25 heavy (non-hydrogen) atoms. The van der Waals surface area contributed by atoms with E-state index < -0.39 is 5.97 Å². The van der Waals surface area contributed by atoms with E-state index in [0.717, 1.165) is 25.7 Å². The Morgan fingerprint density at radius 1 is 1.40 bits per heavy atom. The third-order valence-corrected chi connectivity index (χ3v) is 4.34. The van der Waals surface area contributed by atoms with Crippen molar-refractivity contribution in [3.63, 3.8) is 0 Å². The number of ether oxygens (including phenoxy) is 2. The number of aliphatic carboxylic acids is 1. The van der Waals surface area contributed by atoms with Crippen LogP contribution in [0.3, 0.4) is 0 Å². The topological polar surface area (TPSA) is 96.3 Å². The summed E-state index contributed by atoms with van der Waals surface area (Å²) < 4.78 is 10.1. The number of nitrogens with zero attached hydrogens (tertiary/aromatic N) is 1. The minimum Gasteiger partial charge on any atom is -0.501 e. The summed E-state index contributed by atoms with van der Waals surface area (Å²) in [7, 11) is 1.65. The van der Waals surface area contributed by atoms with Crippen molar-refractivity contribution in [2.75, 3.05) is 26.9 Å². The van der Waals surface area contributed by atoms with Crippen LogP contribution in [0.25, 0.3) is 0 Å². The maximum absolute atomic E-state index is 12.2. The van der Waals surface area contributed by atoms with Gasteiger partial charge >= 0.3 is 5.97 Å². The Labute approximate surface area is 149 Å². The summed E-state index contributed by atoms with van der Waals surface area (Å²) in [4.78, 5) is 24.4. The minimum absolute atomic E-state index is 0.0451. The van der Waals surface area contributed by atoms with Gasteiger partial charge in [-0.15, -0.1) is 0 Å². The predicted octanol–water partition coefficient (Wildman–Crippen LogP) is 1.94. The van der Waals surface area contributed by atoms with Crippen molar-refractivity contribution in [2.24, 2.45) is 0 Å². The summed E-state index contributed by atoms with van der Waals surface area (Å²) in [6, 6.07) is 0.141. The first-order valence-electron chi connectivity index (χ1n) is 8.99. The van der Waals surface area contributed by atoms with Crippen LogP contribution < -0.4 is 0 Å². The lowest BCUT2D eigenvalue weighted by atomic mass is 9.95. The Bertz CT molecular complexity index is 426. The van der Waals surface area contributed by atoms with Crippen molar-refractivity contribution in [1.29, 1.82) is 0 Å². The van der Waals surface area contributed by atoms with E-state index in [0.29, 0.717) is 32.4 Å². The zero-order valence-corrected chi connectivity index (χ0v) is 15.1. The lowest BCUT2D eigenvalue weighted by Gasteiger charge is -2.35. The van der Waals surface area contributed by atoms with Crippen molar-refractivity contribution < 1.29 is 29.3 Å². The highest BCUT2D eigenvalue weighted by molar-refractivity contribution is 5.77. The predicted molar refractivity (Wildman–Crippen MR) is 93.0 cm³/mol. The molecule has 1 aliphatic heterocycles. The molecule has 7 heteroatoms. The molecular formula is C18H31NO6. The SMILES string of the molecule is COCCCC(O)CC[C@H]1CCCC(=O)N1C/C=C\OCCC(=O)O. The highest BCUT2D eigenvalue weighted by Gasteiger charge is 2.27. The lowest BCUT2D eigenvalue weighted by molar-refractivity contribution is -0.138. The molecule has 1 amide bonds. The third kappa shape index (κ3) is 9.45. The second-order valence-electron chi connectivity index (χ2n) is 6.34. The van der Waals surface area contributed by atoms with Gasteiger partial charge in [0.15, 0.2) is 0 Å². The molecule has 144 valence electrons. The van der Waals surface area contributed by atoms with Gasteiger partial charge in [-0.3, -0.25) is 9.59 Å². The molecule has 2 N–H and O–H groups in total. The summed E-state index contributed by atoms with van der Waals surface area (Å²) >= 11 is 0. The van der Waals surface area contributed by atoms with E-state index in [-0.39, 0.29) is 31.1 Å². The molecule has 1 heterocycles. The fourth-order valence-electron chi connectivity index (χ4n) is 2.97. The molecular weight excluding hydrogens is 326 g/mol. The summed E-state index contributed by atoms with van der Waals surface area (Å²) in [6.45, 7) is 1.23. The molecule has 0 radical (unpaired) electrons. The molecule has 0 aromatic heterocycles. The Kier molecular flexibility index (Phi) is 10.9. The van der Waals surface area contributed by atoms with E-state index in [1.165, 1.54) is 6.26 Å². The summed E-state index contributed by atoms with van der Waals surface area (Å²) in [5, 5.41) is 18.6. The molecule has 1 unspecified atom stereocenters. The number of aliphatic hydroxyl groups excluding tert-OH is 1. The number of rotatable bonds is 13. The summed E-state index contributed by atoms with van der Waals surface area (Å²) in [5.41, 5.74) is 0. The van der Waals surface area contributed by atoms with E-state index in [1.807, 2.05) is 4.90 Å². The van der Waals surface area contributed by atoms with Gasteiger partial charge in [0, 0.05) is 32.7 Å². The maximum atomic E-state index is 12.2. The zero-order valence-electron chi connectivity index (χ0n) is 15.1. The maximum Gasteiger partial charge on any atom is 0.306 e. The number of carboxylic acid groups (broad SMARTS) is 1. The number of amides is 1. The van der Waals surface area contributed by atoms with Gasteiger partial charge in [0.25, 0.3) is 0 Å². The number of carbonyl (C=O) groups excluding carboxylic acids is 1. The lowest BCUT2D eigenvalue weighted by Crippen LogP contribution is -2.44. The van der Waals surface area contributed by atoms with E-state index in [4.69, 9.17) is 14.6 Å². The van der Waals surface area contributed by atoms with Crippen LogP contribution in [-0.2, 0) is 19.1 Å². The number of aliphatic hydroxyl groups is 1. The van der Waals surface area contributed by atoms with Gasteiger partial charge in [-0.05, 0) is 44.6 Å². The second-order valence-corrected chi connectivity index (χ2v) is 6.34. The smallest absolute Gasteiger partial charge is 0.306 e. The van der Waals surface area contributed by atoms with Crippen LogP contribution in [0.1, 0.15) is 51.4 Å². The quantitative estimate of drug-likeness (QED) is 0.386. The van der Waals surface area contributed by atoms with Crippen LogP contribution in [0.4, 0.5) is 0 Å². The Morgan fingerprint density at radius 3 is 2.92 bits per heavy atom. The summed E-state index contributed by atoms with van der Waals surface area (Å²) in [6.07, 6.45) is 8.20. The van der Waals surface area contributed by atoms with Crippen LogP contribution in [0.5, 0.6) is 0 Å². The molecule has 0 aliphatic carbocycles. The Balaban J connectivity index is 2.35. The van der Waals surface area contributed by atoms with Crippen LogP contribution in [0, 0.1) is 0 Å². The van der Waals surface area contributed by atoms with Crippen LogP contribution in [-0.4, -0.2) is 66.0 Å². The monoisotopic (exact) mass is 357 g/mol. The van der Waals surface area contributed by atoms with Crippen molar-refractivity contribution in [1.82, 2.24) is 4.90 Å². The van der Waals surface area contributed by atoms with Gasteiger partial charge in [-0.1, -0.05) is 0 Å². The molecule has 7 nitrogen and oxygen atoms in total. The number of carbonyl (C=O) groups is 2. The standard InChI is InChI=1S/C18H31NO6/c1-24-12-3-6-16(20)9-8-15-5-2-7-17(21)19(15)11-4-13-25-14-10-18(22)23/h4,13,15-16,20H,2-3,5-12,14H2,1H3,(H,22,23)/b13-4-/t15-,16?/m1/s1. The number of hydrogen-bond acceptors (Lipinski definition) is 5. The molecule has 1 rings (SSSR count). The molecule has 1 aliphatic rings. The van der Waals surface area contributed by atoms with Gasteiger partial charge in [-0.25, -0.2) is 0 Å². The molecule has 1 fully saturated rings. The zero-order chi connectivity index (χ0) is 18.5. The minimum atomic E-state index is -0.899. The first kappa shape index (κ1) is 21.4. The number of hydrogen-bond donors (Lipinski definition) is 2. The third-order valence-electron chi connectivity index (χ3n) is 4.34. The van der Waals surface area contributed by atoms with E-state index in [9.17, 15) is 14.7 Å². The second kappa shape index (κ2) is 12.7. The van der Waals surface area contributed by atoms with Crippen LogP contribution in [0.2, 0.25) is 0 Å². The van der Waals surface area contributed by atoms with Crippen molar-refractivity contribution >= 4 is 11.9 Å². The first-order chi connectivity index (χ1) is 12.0. The van der Waals surface area contributed by atoms with Crippen LogP contribution >= 0.6 is 0 Å². The van der Waals surface area contributed by atoms with E-state index in [1.54, 1.807) is 13.2 Å². The first-order valence-corrected chi connectivity index (χ1v) is 8.99.